The number of thioether (sulfide) groups is 1. The van der Waals surface area contributed by atoms with Crippen molar-refractivity contribution < 1.29 is 14.7 Å². The van der Waals surface area contributed by atoms with E-state index in [2.05, 4.69) is 5.32 Å². The lowest BCUT2D eigenvalue weighted by Crippen LogP contribution is -2.26. The van der Waals surface area contributed by atoms with Crippen LogP contribution < -0.4 is 5.32 Å². The van der Waals surface area contributed by atoms with Crippen LogP contribution in [0, 0.1) is 0 Å². The van der Waals surface area contributed by atoms with Gasteiger partial charge < -0.3 is 10.4 Å². The van der Waals surface area contributed by atoms with Crippen LogP contribution in [0.3, 0.4) is 0 Å². The Bertz CT molecular complexity index is 426. The van der Waals surface area contributed by atoms with E-state index < -0.39 is 5.97 Å². The van der Waals surface area contributed by atoms with E-state index in [1.54, 1.807) is 24.3 Å². The zero-order valence-corrected chi connectivity index (χ0v) is 10.00. The monoisotopic (exact) mass is 251 g/mol. The van der Waals surface area contributed by atoms with Gasteiger partial charge in [0, 0.05) is 10.9 Å². The van der Waals surface area contributed by atoms with E-state index in [1.807, 2.05) is 0 Å². The fourth-order valence-electron chi connectivity index (χ4n) is 1.34. The number of benzene rings is 1. The molecule has 0 aliphatic heterocycles. The normalized spacial score (nSPS) is 14.4. The third-order valence-electron chi connectivity index (χ3n) is 2.41. The molecule has 0 radical (unpaired) electrons. The molecule has 0 saturated heterocycles. The van der Waals surface area contributed by atoms with Crippen LogP contribution in [0.5, 0.6) is 0 Å². The molecule has 5 heteroatoms. The zero-order valence-electron chi connectivity index (χ0n) is 9.18. The molecule has 0 spiro atoms. The highest BCUT2D eigenvalue weighted by Gasteiger charge is 2.22. The third-order valence-corrected chi connectivity index (χ3v) is 3.43. The molecule has 2 N–H and O–H groups in total. The fourth-order valence-corrected chi connectivity index (χ4v) is 2.05. The molecule has 1 fully saturated rings. The summed E-state index contributed by atoms with van der Waals surface area (Å²) in [5.41, 5.74) is 0.261. The zero-order chi connectivity index (χ0) is 12.3. The van der Waals surface area contributed by atoms with Crippen LogP contribution in [0.2, 0.25) is 0 Å². The standard InChI is InChI=1S/C12H13NO3S/c14-11(13-9-3-4-9)7-17-10-5-1-8(2-6-10)12(15)16/h1-2,5-6,9H,3-4,7H2,(H,13,14)(H,15,16). The maximum atomic E-state index is 11.4. The number of carboxylic acids is 1. The van der Waals surface area contributed by atoms with Gasteiger partial charge in [-0.1, -0.05) is 0 Å². The predicted octanol–water partition coefficient (Wildman–Crippen LogP) is 1.76. The van der Waals surface area contributed by atoms with Crippen LogP contribution in [0.25, 0.3) is 0 Å². The number of hydrogen-bond donors (Lipinski definition) is 2. The Hall–Kier alpha value is -1.49. The first kappa shape index (κ1) is 12.0. The van der Waals surface area contributed by atoms with E-state index in [1.165, 1.54) is 11.8 Å². The summed E-state index contributed by atoms with van der Waals surface area (Å²) in [6, 6.07) is 6.92. The highest BCUT2D eigenvalue weighted by Crippen LogP contribution is 2.21. The van der Waals surface area contributed by atoms with Gasteiger partial charge in [-0.25, -0.2) is 4.79 Å². The average molecular weight is 251 g/mol. The Kier molecular flexibility index (Phi) is 3.68. The Labute approximate surface area is 103 Å². The van der Waals surface area contributed by atoms with Gasteiger partial charge in [-0.2, -0.15) is 0 Å². The molecule has 0 atom stereocenters. The summed E-state index contributed by atoms with van der Waals surface area (Å²) in [5.74, 6) is -0.518. The van der Waals surface area contributed by atoms with E-state index in [4.69, 9.17) is 5.11 Å². The number of carbonyl (C=O) groups excluding carboxylic acids is 1. The fraction of sp³-hybridized carbons (Fsp3) is 0.333. The van der Waals surface area contributed by atoms with Gasteiger partial charge in [0.05, 0.1) is 11.3 Å². The van der Waals surface area contributed by atoms with Crippen molar-refractivity contribution in [3.63, 3.8) is 0 Å². The largest absolute Gasteiger partial charge is 0.478 e. The number of carbonyl (C=O) groups is 2. The summed E-state index contributed by atoms with van der Waals surface area (Å²) in [6.07, 6.45) is 2.17. The molecule has 2 rings (SSSR count). The highest BCUT2D eigenvalue weighted by atomic mass is 32.2. The van der Waals surface area contributed by atoms with Crippen molar-refractivity contribution >= 4 is 23.6 Å². The minimum absolute atomic E-state index is 0.0415. The van der Waals surface area contributed by atoms with E-state index >= 15 is 0 Å². The van der Waals surface area contributed by atoms with Crippen molar-refractivity contribution in [2.75, 3.05) is 5.75 Å². The van der Waals surface area contributed by atoms with Crippen molar-refractivity contribution in [3.05, 3.63) is 29.8 Å². The van der Waals surface area contributed by atoms with Gasteiger partial charge in [0.15, 0.2) is 0 Å². The van der Waals surface area contributed by atoms with Crippen molar-refractivity contribution in [3.8, 4) is 0 Å². The third kappa shape index (κ3) is 3.78. The van der Waals surface area contributed by atoms with Crippen LogP contribution in [-0.4, -0.2) is 28.8 Å². The van der Waals surface area contributed by atoms with Crippen LogP contribution in [0.4, 0.5) is 0 Å². The van der Waals surface area contributed by atoms with Gasteiger partial charge in [-0.15, -0.1) is 11.8 Å². The van der Waals surface area contributed by atoms with Crippen molar-refractivity contribution in [1.29, 1.82) is 0 Å². The minimum atomic E-state index is -0.937. The molecule has 1 aliphatic carbocycles. The number of rotatable bonds is 5. The summed E-state index contributed by atoms with van der Waals surface area (Å²) in [5, 5.41) is 11.6. The molecule has 0 bridgehead atoms. The highest BCUT2D eigenvalue weighted by molar-refractivity contribution is 8.00. The van der Waals surface area contributed by atoms with Gasteiger partial charge in [0.25, 0.3) is 0 Å². The molecule has 0 unspecified atom stereocenters. The molecule has 17 heavy (non-hydrogen) atoms. The second kappa shape index (κ2) is 5.23. The molecule has 1 amide bonds. The van der Waals surface area contributed by atoms with Crippen LogP contribution in [-0.2, 0) is 4.79 Å². The molecule has 1 saturated carbocycles. The second-order valence-electron chi connectivity index (χ2n) is 3.96. The van der Waals surface area contributed by atoms with Gasteiger partial charge >= 0.3 is 5.97 Å². The Morgan fingerprint density at radius 1 is 1.29 bits per heavy atom. The van der Waals surface area contributed by atoms with E-state index in [0.29, 0.717) is 11.8 Å². The van der Waals surface area contributed by atoms with Gasteiger partial charge in [0.2, 0.25) is 5.91 Å². The Morgan fingerprint density at radius 2 is 1.94 bits per heavy atom. The second-order valence-corrected chi connectivity index (χ2v) is 5.01. The molecule has 90 valence electrons. The topological polar surface area (TPSA) is 66.4 Å². The predicted molar refractivity (Wildman–Crippen MR) is 65.3 cm³/mol. The number of carboxylic acid groups (broad SMARTS) is 1. The van der Waals surface area contributed by atoms with Crippen molar-refractivity contribution in [2.45, 2.75) is 23.8 Å². The van der Waals surface area contributed by atoms with E-state index in [9.17, 15) is 9.59 Å². The summed E-state index contributed by atoms with van der Waals surface area (Å²) in [4.78, 5) is 23.0. The first-order valence-corrected chi connectivity index (χ1v) is 6.39. The number of amides is 1. The number of hydrogen-bond acceptors (Lipinski definition) is 3. The van der Waals surface area contributed by atoms with Crippen molar-refractivity contribution in [1.82, 2.24) is 5.32 Å². The lowest BCUT2D eigenvalue weighted by molar-refractivity contribution is -0.118. The molecule has 1 aliphatic rings. The first-order chi connectivity index (χ1) is 8.15. The SMILES string of the molecule is O=C(CSc1ccc(C(=O)O)cc1)NC1CC1. The van der Waals surface area contributed by atoms with Gasteiger partial charge in [-0.3, -0.25) is 4.79 Å². The first-order valence-electron chi connectivity index (χ1n) is 5.40. The van der Waals surface area contributed by atoms with E-state index in [-0.39, 0.29) is 11.5 Å². The average Bonchev–Trinajstić information content (AvgIpc) is 3.11. The van der Waals surface area contributed by atoms with Gasteiger partial charge in [-0.05, 0) is 37.1 Å². The summed E-state index contributed by atoms with van der Waals surface area (Å²) < 4.78 is 0. The maximum absolute atomic E-state index is 11.4. The lowest BCUT2D eigenvalue weighted by Gasteiger charge is -2.03. The minimum Gasteiger partial charge on any atom is -0.478 e. The number of nitrogens with one attached hydrogen (secondary N) is 1. The number of aromatic carboxylic acids is 1. The molecule has 1 aromatic carbocycles. The maximum Gasteiger partial charge on any atom is 0.335 e. The molecular formula is C12H13NO3S. The molecule has 1 aromatic rings. The van der Waals surface area contributed by atoms with Crippen LogP contribution >= 0.6 is 11.8 Å². The van der Waals surface area contributed by atoms with Gasteiger partial charge in [0.1, 0.15) is 0 Å². The lowest BCUT2D eigenvalue weighted by atomic mass is 10.2. The molecule has 0 aromatic heterocycles. The molecule has 0 heterocycles. The summed E-state index contributed by atoms with van der Waals surface area (Å²) in [6.45, 7) is 0. The quantitative estimate of drug-likeness (QED) is 0.782. The Balaban J connectivity index is 1.81. The van der Waals surface area contributed by atoms with Crippen LogP contribution in [0.1, 0.15) is 23.2 Å². The van der Waals surface area contributed by atoms with Crippen LogP contribution in [0.15, 0.2) is 29.2 Å². The van der Waals surface area contributed by atoms with E-state index in [0.717, 1.165) is 17.7 Å². The Morgan fingerprint density at radius 3 is 2.47 bits per heavy atom. The smallest absolute Gasteiger partial charge is 0.335 e. The summed E-state index contributed by atoms with van der Waals surface area (Å²) in [7, 11) is 0. The summed E-state index contributed by atoms with van der Waals surface area (Å²) >= 11 is 1.41. The molecule has 4 nitrogen and oxygen atoms in total. The van der Waals surface area contributed by atoms with Crippen molar-refractivity contribution in [2.24, 2.45) is 0 Å². The molecular weight excluding hydrogens is 238 g/mol.